The van der Waals surface area contributed by atoms with Crippen molar-refractivity contribution in [2.75, 3.05) is 13.1 Å². The molecule has 1 saturated heterocycles. The minimum atomic E-state index is -0.799. The number of amides is 1. The number of carbonyl (C=O) groups excluding carboxylic acids is 1. The van der Waals surface area contributed by atoms with E-state index in [1.54, 1.807) is 6.92 Å². The van der Waals surface area contributed by atoms with Gasteiger partial charge in [-0.15, -0.1) is 0 Å². The van der Waals surface area contributed by atoms with E-state index in [-0.39, 0.29) is 17.2 Å². The summed E-state index contributed by atoms with van der Waals surface area (Å²) < 4.78 is 1.33. The van der Waals surface area contributed by atoms with Crippen molar-refractivity contribution in [3.63, 3.8) is 0 Å². The van der Waals surface area contributed by atoms with Gasteiger partial charge in [-0.1, -0.05) is 13.3 Å². The molecule has 2 rings (SSSR count). The first-order chi connectivity index (χ1) is 8.93. The molecule has 0 unspecified atom stereocenters. The zero-order valence-corrected chi connectivity index (χ0v) is 11.3. The Labute approximate surface area is 111 Å². The van der Waals surface area contributed by atoms with Crippen LogP contribution in [0.4, 0.5) is 0 Å². The highest BCUT2D eigenvalue weighted by Crippen LogP contribution is 2.21. The predicted octanol–water partition coefficient (Wildman–Crippen LogP) is 0.250. The molecule has 0 atom stereocenters. The van der Waals surface area contributed by atoms with E-state index in [1.807, 2.05) is 6.92 Å². The minimum Gasteiger partial charge on any atom is -0.386 e. The number of aromatic nitrogens is 2. The number of nitrogens with zero attached hydrogens (tertiary/aromatic N) is 3. The molecule has 1 aromatic rings. The first-order valence-corrected chi connectivity index (χ1v) is 6.53. The first kappa shape index (κ1) is 13.7. The third-order valence-electron chi connectivity index (χ3n) is 3.16. The summed E-state index contributed by atoms with van der Waals surface area (Å²) in [6, 6.07) is 2.81. The van der Waals surface area contributed by atoms with Gasteiger partial charge < -0.3 is 10.0 Å². The summed E-state index contributed by atoms with van der Waals surface area (Å²) in [5, 5.41) is 13.7. The molecule has 2 heterocycles. The second-order valence-electron chi connectivity index (χ2n) is 5.29. The largest absolute Gasteiger partial charge is 0.386 e. The Morgan fingerprint density at radius 1 is 1.47 bits per heavy atom. The van der Waals surface area contributed by atoms with Crippen LogP contribution in [0, 0.1) is 0 Å². The van der Waals surface area contributed by atoms with Crippen LogP contribution in [-0.2, 0) is 6.54 Å². The highest BCUT2D eigenvalue weighted by Gasteiger charge is 2.40. The van der Waals surface area contributed by atoms with E-state index in [4.69, 9.17) is 0 Å². The van der Waals surface area contributed by atoms with Gasteiger partial charge in [0.05, 0.1) is 18.7 Å². The molecule has 1 aromatic heterocycles. The molecule has 0 radical (unpaired) electrons. The molecule has 0 aliphatic carbocycles. The molecule has 104 valence electrons. The van der Waals surface area contributed by atoms with Crippen molar-refractivity contribution in [1.82, 2.24) is 14.7 Å². The van der Waals surface area contributed by atoms with E-state index >= 15 is 0 Å². The number of β-amino-alcohol motifs (C(OH)–C–C–N with tert-alkyl or cyclic N) is 1. The lowest BCUT2D eigenvalue weighted by Gasteiger charge is -2.43. The molecule has 1 amide bonds. The summed E-state index contributed by atoms with van der Waals surface area (Å²) in [4.78, 5) is 25.2. The molecular weight excluding hydrogens is 246 g/mol. The Kier molecular flexibility index (Phi) is 3.71. The lowest BCUT2D eigenvalue weighted by Crippen LogP contribution is -2.61. The Morgan fingerprint density at radius 2 is 2.16 bits per heavy atom. The number of rotatable bonds is 4. The monoisotopic (exact) mass is 265 g/mol. The highest BCUT2D eigenvalue weighted by atomic mass is 16.3. The quantitative estimate of drug-likeness (QED) is 0.846. The van der Waals surface area contributed by atoms with Crippen LogP contribution in [0.5, 0.6) is 0 Å². The van der Waals surface area contributed by atoms with Crippen LogP contribution in [0.2, 0.25) is 0 Å². The summed E-state index contributed by atoms with van der Waals surface area (Å²) >= 11 is 0. The number of aliphatic hydroxyl groups is 1. The number of likely N-dealkylation sites (tertiary alicyclic amines) is 1. The van der Waals surface area contributed by atoms with Gasteiger partial charge >= 0.3 is 0 Å². The molecule has 0 spiro atoms. The topological polar surface area (TPSA) is 75.4 Å². The standard InChI is InChI=1S/C13H19N3O3/c1-3-4-7-16-11(17)6-5-10(14-16)12(18)15-8-13(2,19)9-15/h5-6,19H,3-4,7-9H2,1-2H3. The number of hydrogen-bond acceptors (Lipinski definition) is 4. The van der Waals surface area contributed by atoms with Gasteiger partial charge in [0, 0.05) is 12.6 Å². The Morgan fingerprint density at radius 3 is 2.74 bits per heavy atom. The number of unbranched alkanes of at least 4 members (excludes halogenated alkanes) is 1. The lowest BCUT2D eigenvalue weighted by atomic mass is 9.96. The molecule has 6 nitrogen and oxygen atoms in total. The summed E-state index contributed by atoms with van der Waals surface area (Å²) in [7, 11) is 0. The average molecular weight is 265 g/mol. The fourth-order valence-electron chi connectivity index (χ4n) is 2.11. The molecule has 0 aromatic carbocycles. The number of hydrogen-bond donors (Lipinski definition) is 1. The van der Waals surface area contributed by atoms with Gasteiger partial charge in [0.2, 0.25) is 0 Å². The van der Waals surface area contributed by atoms with E-state index in [0.717, 1.165) is 12.8 Å². The van der Waals surface area contributed by atoms with E-state index in [9.17, 15) is 14.7 Å². The van der Waals surface area contributed by atoms with Crippen molar-refractivity contribution in [1.29, 1.82) is 0 Å². The fourth-order valence-corrected chi connectivity index (χ4v) is 2.11. The second-order valence-corrected chi connectivity index (χ2v) is 5.29. The van der Waals surface area contributed by atoms with Gasteiger partial charge in [-0.05, 0) is 19.4 Å². The first-order valence-electron chi connectivity index (χ1n) is 6.53. The molecule has 0 saturated carbocycles. The predicted molar refractivity (Wildman–Crippen MR) is 69.9 cm³/mol. The smallest absolute Gasteiger partial charge is 0.274 e. The Balaban J connectivity index is 2.12. The van der Waals surface area contributed by atoms with Crippen LogP contribution in [0.3, 0.4) is 0 Å². The van der Waals surface area contributed by atoms with Crippen molar-refractivity contribution in [3.05, 3.63) is 28.2 Å². The molecule has 0 bridgehead atoms. The summed E-state index contributed by atoms with van der Waals surface area (Å²) in [5.74, 6) is -0.239. The maximum Gasteiger partial charge on any atom is 0.274 e. The highest BCUT2D eigenvalue weighted by molar-refractivity contribution is 5.92. The van der Waals surface area contributed by atoms with Crippen LogP contribution < -0.4 is 5.56 Å². The van der Waals surface area contributed by atoms with Gasteiger partial charge in [0.1, 0.15) is 5.69 Å². The van der Waals surface area contributed by atoms with Gasteiger partial charge in [-0.2, -0.15) is 5.10 Å². The van der Waals surface area contributed by atoms with Crippen LogP contribution in [0.25, 0.3) is 0 Å². The van der Waals surface area contributed by atoms with Crippen LogP contribution in [-0.4, -0.2) is 44.4 Å². The number of carbonyl (C=O) groups is 1. The van der Waals surface area contributed by atoms with Crippen molar-refractivity contribution in [2.45, 2.75) is 38.8 Å². The van der Waals surface area contributed by atoms with E-state index in [0.29, 0.717) is 19.6 Å². The fraction of sp³-hybridized carbons (Fsp3) is 0.615. The van der Waals surface area contributed by atoms with Crippen LogP contribution >= 0.6 is 0 Å². The Hall–Kier alpha value is -1.69. The molecule has 1 fully saturated rings. The van der Waals surface area contributed by atoms with Gasteiger partial charge in [-0.3, -0.25) is 9.59 Å². The molecule has 1 N–H and O–H groups in total. The molecule has 19 heavy (non-hydrogen) atoms. The molecule has 6 heteroatoms. The molecule has 1 aliphatic heterocycles. The molecular formula is C13H19N3O3. The van der Waals surface area contributed by atoms with E-state index in [2.05, 4.69) is 5.10 Å². The summed E-state index contributed by atoms with van der Waals surface area (Å²) in [6.07, 6.45) is 1.81. The maximum absolute atomic E-state index is 12.1. The van der Waals surface area contributed by atoms with Crippen molar-refractivity contribution in [3.8, 4) is 0 Å². The maximum atomic E-state index is 12.1. The van der Waals surface area contributed by atoms with E-state index < -0.39 is 5.60 Å². The average Bonchev–Trinajstić information content (AvgIpc) is 2.34. The van der Waals surface area contributed by atoms with Crippen LogP contribution in [0.1, 0.15) is 37.2 Å². The second kappa shape index (κ2) is 5.13. The minimum absolute atomic E-state index is 0.194. The summed E-state index contributed by atoms with van der Waals surface area (Å²) in [6.45, 7) is 4.85. The lowest BCUT2D eigenvalue weighted by molar-refractivity contribution is -0.0671. The van der Waals surface area contributed by atoms with Gasteiger partial charge in [0.25, 0.3) is 11.5 Å². The zero-order chi connectivity index (χ0) is 14.0. The van der Waals surface area contributed by atoms with Gasteiger partial charge in [0.15, 0.2) is 0 Å². The SMILES string of the molecule is CCCCn1nc(C(=O)N2CC(C)(O)C2)ccc1=O. The summed E-state index contributed by atoms with van der Waals surface area (Å²) in [5.41, 5.74) is -0.737. The molecule has 1 aliphatic rings. The van der Waals surface area contributed by atoms with E-state index in [1.165, 1.54) is 21.7 Å². The third kappa shape index (κ3) is 3.01. The normalized spacial score (nSPS) is 17.1. The third-order valence-corrected chi connectivity index (χ3v) is 3.16. The van der Waals surface area contributed by atoms with Crippen molar-refractivity contribution in [2.24, 2.45) is 0 Å². The van der Waals surface area contributed by atoms with Gasteiger partial charge in [-0.25, -0.2) is 4.68 Å². The number of aryl methyl sites for hydroxylation is 1. The Bertz CT molecular complexity index is 528. The van der Waals surface area contributed by atoms with Crippen molar-refractivity contribution >= 4 is 5.91 Å². The zero-order valence-electron chi connectivity index (χ0n) is 11.3. The van der Waals surface area contributed by atoms with Crippen LogP contribution in [0.15, 0.2) is 16.9 Å². The van der Waals surface area contributed by atoms with Crippen molar-refractivity contribution < 1.29 is 9.90 Å².